The second kappa shape index (κ2) is 11.0. The van der Waals surface area contributed by atoms with Gasteiger partial charge in [-0.1, -0.05) is 42.0 Å². The second-order valence-electron chi connectivity index (χ2n) is 6.75. The second-order valence-corrected chi connectivity index (χ2v) is 7.19. The summed E-state index contributed by atoms with van der Waals surface area (Å²) in [6, 6.07) is 18.9. The summed E-state index contributed by atoms with van der Waals surface area (Å²) >= 11 is 5.87. The van der Waals surface area contributed by atoms with Crippen LogP contribution in [0.2, 0.25) is 5.02 Å². The zero-order chi connectivity index (χ0) is 22.9. The van der Waals surface area contributed by atoms with Crippen LogP contribution in [0, 0.1) is 0 Å². The van der Waals surface area contributed by atoms with Gasteiger partial charge in [-0.05, 0) is 61.0 Å². The van der Waals surface area contributed by atoms with Crippen molar-refractivity contribution < 1.29 is 19.1 Å². The monoisotopic (exact) mass is 450 g/mol. The van der Waals surface area contributed by atoms with Crippen molar-refractivity contribution in [1.82, 2.24) is 0 Å². The van der Waals surface area contributed by atoms with Gasteiger partial charge in [0.15, 0.2) is 18.1 Å². The molecular formula is C25H23ClN2O4. The van der Waals surface area contributed by atoms with Crippen LogP contribution in [0.15, 0.2) is 72.8 Å². The van der Waals surface area contributed by atoms with Crippen LogP contribution in [0.25, 0.3) is 6.08 Å². The average molecular weight is 451 g/mol. The third-order valence-electron chi connectivity index (χ3n) is 4.46. The lowest BCUT2D eigenvalue weighted by Crippen LogP contribution is -2.22. The lowest BCUT2D eigenvalue weighted by molar-refractivity contribution is -0.118. The molecular weight excluding hydrogens is 428 g/mol. The molecule has 0 aliphatic rings. The Morgan fingerprint density at radius 3 is 2.28 bits per heavy atom. The first-order chi connectivity index (χ1) is 15.5. The van der Waals surface area contributed by atoms with E-state index in [1.807, 2.05) is 31.2 Å². The molecule has 32 heavy (non-hydrogen) atoms. The number of anilines is 2. The van der Waals surface area contributed by atoms with Crippen molar-refractivity contribution in [3.63, 3.8) is 0 Å². The van der Waals surface area contributed by atoms with E-state index >= 15 is 0 Å². The van der Waals surface area contributed by atoms with Gasteiger partial charge in [0.1, 0.15) is 0 Å². The van der Waals surface area contributed by atoms with E-state index in [1.165, 1.54) is 0 Å². The molecule has 7 heteroatoms. The molecule has 6 nitrogen and oxygen atoms in total. The fourth-order valence-electron chi connectivity index (χ4n) is 2.93. The van der Waals surface area contributed by atoms with Crippen LogP contribution in [-0.4, -0.2) is 25.5 Å². The SMILES string of the molecule is C/C=C/c1ccc(OCC(=O)Nc2ccccc2NC(=O)c2ccc(Cl)cc2)c(OC)c1. The molecule has 2 amide bonds. The quantitative estimate of drug-likeness (QED) is 0.464. The number of ether oxygens (including phenoxy) is 2. The first kappa shape index (κ1) is 22.9. The van der Waals surface area contributed by atoms with Crippen LogP contribution in [0.4, 0.5) is 11.4 Å². The summed E-state index contributed by atoms with van der Waals surface area (Å²) in [6.07, 6.45) is 3.86. The first-order valence-electron chi connectivity index (χ1n) is 9.89. The van der Waals surface area contributed by atoms with Crippen LogP contribution in [0.5, 0.6) is 11.5 Å². The van der Waals surface area contributed by atoms with Gasteiger partial charge in [-0.15, -0.1) is 0 Å². The van der Waals surface area contributed by atoms with Crippen molar-refractivity contribution in [2.45, 2.75) is 6.92 Å². The van der Waals surface area contributed by atoms with Crippen molar-refractivity contribution in [3.8, 4) is 11.5 Å². The number of carbonyl (C=O) groups is 2. The molecule has 0 aliphatic heterocycles. The Balaban J connectivity index is 1.65. The highest BCUT2D eigenvalue weighted by molar-refractivity contribution is 6.30. The summed E-state index contributed by atoms with van der Waals surface area (Å²) in [6.45, 7) is 1.70. The molecule has 0 spiro atoms. The van der Waals surface area contributed by atoms with Crippen molar-refractivity contribution in [2.24, 2.45) is 0 Å². The predicted octanol–water partition coefficient (Wildman–Crippen LogP) is 5.65. The third kappa shape index (κ3) is 6.12. The Bertz CT molecular complexity index is 1130. The largest absolute Gasteiger partial charge is 0.493 e. The van der Waals surface area contributed by atoms with Crippen LogP contribution >= 0.6 is 11.6 Å². The Labute approximate surface area is 191 Å². The molecule has 0 fully saturated rings. The summed E-state index contributed by atoms with van der Waals surface area (Å²) < 4.78 is 11.0. The lowest BCUT2D eigenvalue weighted by Gasteiger charge is -2.14. The molecule has 0 radical (unpaired) electrons. The molecule has 0 heterocycles. The maximum atomic E-state index is 12.5. The van der Waals surface area contributed by atoms with Crippen molar-refractivity contribution >= 4 is 40.9 Å². The van der Waals surface area contributed by atoms with Gasteiger partial charge in [0, 0.05) is 10.6 Å². The fourth-order valence-corrected chi connectivity index (χ4v) is 3.05. The lowest BCUT2D eigenvalue weighted by atomic mass is 10.2. The van der Waals surface area contributed by atoms with Crippen molar-refractivity contribution in [2.75, 3.05) is 24.4 Å². The highest BCUT2D eigenvalue weighted by Gasteiger charge is 2.13. The number of benzene rings is 3. The molecule has 0 atom stereocenters. The van der Waals surface area contributed by atoms with E-state index < -0.39 is 0 Å². The topological polar surface area (TPSA) is 76.7 Å². The molecule has 0 aliphatic carbocycles. The number of rotatable bonds is 8. The maximum absolute atomic E-state index is 12.5. The highest BCUT2D eigenvalue weighted by Crippen LogP contribution is 2.29. The van der Waals surface area contributed by atoms with Gasteiger partial charge in [0.2, 0.25) is 0 Å². The van der Waals surface area contributed by atoms with Crippen molar-refractivity contribution in [3.05, 3.63) is 89.0 Å². The zero-order valence-corrected chi connectivity index (χ0v) is 18.5. The van der Waals surface area contributed by atoms with E-state index in [1.54, 1.807) is 61.7 Å². The van der Waals surface area contributed by atoms with E-state index in [-0.39, 0.29) is 18.4 Å². The Kier molecular flexibility index (Phi) is 7.89. The molecule has 3 rings (SSSR count). The smallest absolute Gasteiger partial charge is 0.262 e. The predicted molar refractivity (Wildman–Crippen MR) is 128 cm³/mol. The Morgan fingerprint density at radius 2 is 1.62 bits per heavy atom. The van der Waals surface area contributed by atoms with Crippen LogP contribution in [0.3, 0.4) is 0 Å². The van der Waals surface area contributed by atoms with E-state index in [0.29, 0.717) is 33.5 Å². The average Bonchev–Trinajstić information content (AvgIpc) is 2.80. The standard InChI is InChI=1S/C25H23ClN2O4/c1-3-6-17-9-14-22(23(15-17)31-2)32-16-24(29)27-20-7-4-5-8-21(20)28-25(30)18-10-12-19(26)13-11-18/h3-15H,16H2,1-2H3,(H,27,29)(H,28,30)/b6-3+. The number of hydrogen-bond donors (Lipinski definition) is 2. The minimum atomic E-state index is -0.377. The minimum absolute atomic E-state index is 0.223. The summed E-state index contributed by atoms with van der Waals surface area (Å²) in [5, 5.41) is 6.11. The van der Waals surface area contributed by atoms with Gasteiger partial charge >= 0.3 is 0 Å². The van der Waals surface area contributed by atoms with E-state index in [2.05, 4.69) is 10.6 Å². The molecule has 2 N–H and O–H groups in total. The van der Waals surface area contributed by atoms with Gasteiger partial charge in [-0.3, -0.25) is 9.59 Å². The summed E-state index contributed by atoms with van der Waals surface area (Å²) in [4.78, 5) is 25.0. The van der Waals surface area contributed by atoms with Gasteiger partial charge in [0.25, 0.3) is 11.8 Å². The number of nitrogens with one attached hydrogen (secondary N) is 2. The summed E-state index contributed by atoms with van der Waals surface area (Å²) in [7, 11) is 1.54. The molecule has 0 aromatic heterocycles. The van der Waals surface area contributed by atoms with Gasteiger partial charge in [-0.25, -0.2) is 0 Å². The van der Waals surface area contributed by atoms with Crippen LogP contribution < -0.4 is 20.1 Å². The molecule has 3 aromatic carbocycles. The van der Waals surface area contributed by atoms with Crippen LogP contribution in [0.1, 0.15) is 22.8 Å². The molecule has 0 unspecified atom stereocenters. The molecule has 3 aromatic rings. The Hall–Kier alpha value is -3.77. The molecule has 164 valence electrons. The number of hydrogen-bond acceptors (Lipinski definition) is 4. The first-order valence-corrected chi connectivity index (χ1v) is 10.3. The van der Waals surface area contributed by atoms with Gasteiger partial charge < -0.3 is 20.1 Å². The van der Waals surface area contributed by atoms with E-state index in [9.17, 15) is 9.59 Å². The number of allylic oxidation sites excluding steroid dienone is 1. The summed E-state index contributed by atoms with van der Waals surface area (Å²) in [5.41, 5.74) is 2.34. The number of para-hydroxylation sites is 2. The number of methoxy groups -OCH3 is 1. The van der Waals surface area contributed by atoms with E-state index in [4.69, 9.17) is 21.1 Å². The van der Waals surface area contributed by atoms with E-state index in [0.717, 1.165) is 5.56 Å². The summed E-state index contributed by atoms with van der Waals surface area (Å²) in [5.74, 6) is 0.299. The number of amides is 2. The molecule has 0 saturated heterocycles. The third-order valence-corrected chi connectivity index (χ3v) is 4.71. The van der Waals surface area contributed by atoms with Crippen molar-refractivity contribution in [1.29, 1.82) is 0 Å². The van der Waals surface area contributed by atoms with Gasteiger partial charge in [0.05, 0.1) is 18.5 Å². The normalized spacial score (nSPS) is 10.6. The Morgan fingerprint density at radius 1 is 0.938 bits per heavy atom. The molecule has 0 saturated carbocycles. The minimum Gasteiger partial charge on any atom is -0.493 e. The van der Waals surface area contributed by atoms with Gasteiger partial charge in [-0.2, -0.15) is 0 Å². The zero-order valence-electron chi connectivity index (χ0n) is 17.7. The number of carbonyl (C=O) groups excluding carboxylic acids is 2. The maximum Gasteiger partial charge on any atom is 0.262 e. The number of halogens is 1. The molecule has 0 bridgehead atoms. The fraction of sp³-hybridized carbons (Fsp3) is 0.120. The highest BCUT2D eigenvalue weighted by atomic mass is 35.5. The van der Waals surface area contributed by atoms with Crippen LogP contribution in [-0.2, 0) is 4.79 Å².